The van der Waals surface area contributed by atoms with Crippen LogP contribution in [0.15, 0.2) is 47.6 Å². The van der Waals surface area contributed by atoms with Crippen molar-refractivity contribution in [2.45, 2.75) is 37.9 Å². The first-order chi connectivity index (χ1) is 7.43. The predicted molar refractivity (Wildman–Crippen MR) is 61.6 cm³/mol. The van der Waals surface area contributed by atoms with Gasteiger partial charge in [0.1, 0.15) is 6.10 Å². The zero-order chi connectivity index (χ0) is 10.1. The van der Waals surface area contributed by atoms with E-state index in [2.05, 4.69) is 36.5 Å². The molecular weight excluding hydrogens is 184 g/mol. The summed E-state index contributed by atoms with van der Waals surface area (Å²) in [4.78, 5) is 0. The van der Waals surface area contributed by atoms with E-state index in [9.17, 15) is 0 Å². The summed E-state index contributed by atoms with van der Waals surface area (Å²) in [6.07, 6.45) is 18.6. The van der Waals surface area contributed by atoms with Gasteiger partial charge in [-0.2, -0.15) is 0 Å². The Bertz CT molecular complexity index is 371. The predicted octanol–water partition coefficient (Wildman–Crippen LogP) is 3.31. The summed E-state index contributed by atoms with van der Waals surface area (Å²) < 4.78 is 6.11. The van der Waals surface area contributed by atoms with Crippen molar-refractivity contribution in [2.75, 3.05) is 0 Å². The van der Waals surface area contributed by atoms with E-state index in [-0.39, 0.29) is 6.10 Å². The minimum Gasteiger partial charge on any atom is -0.362 e. The molecule has 0 bridgehead atoms. The van der Waals surface area contributed by atoms with Gasteiger partial charge in [0.2, 0.25) is 0 Å². The number of ether oxygens (including phenoxy) is 1. The summed E-state index contributed by atoms with van der Waals surface area (Å²) in [6.45, 7) is 0. The molecule has 1 saturated carbocycles. The smallest absolute Gasteiger partial charge is 0.102 e. The fraction of sp³-hybridized carbons (Fsp3) is 0.429. The average molecular weight is 200 g/mol. The largest absolute Gasteiger partial charge is 0.362 e. The van der Waals surface area contributed by atoms with Crippen molar-refractivity contribution in [2.24, 2.45) is 0 Å². The minimum atomic E-state index is 0.187. The van der Waals surface area contributed by atoms with E-state index in [4.69, 9.17) is 4.74 Å². The molecule has 0 saturated heterocycles. The Morgan fingerprint density at radius 3 is 3.13 bits per heavy atom. The number of fused-ring (bicyclic) bond motifs is 2. The van der Waals surface area contributed by atoms with E-state index in [0.29, 0.717) is 6.10 Å². The first kappa shape index (κ1) is 9.17. The van der Waals surface area contributed by atoms with Gasteiger partial charge in [-0.05, 0) is 30.4 Å². The summed E-state index contributed by atoms with van der Waals surface area (Å²) in [6, 6.07) is 0. The van der Waals surface area contributed by atoms with Crippen LogP contribution < -0.4 is 0 Å². The monoisotopic (exact) mass is 200 g/mol. The molecule has 0 N–H and O–H groups in total. The molecule has 2 aliphatic carbocycles. The number of allylic oxidation sites excluding steroid dienone is 4. The first-order valence-corrected chi connectivity index (χ1v) is 5.84. The second kappa shape index (κ2) is 3.82. The topological polar surface area (TPSA) is 9.23 Å². The summed E-state index contributed by atoms with van der Waals surface area (Å²) in [5, 5.41) is 0. The Morgan fingerprint density at radius 1 is 1.13 bits per heavy atom. The lowest BCUT2D eigenvalue weighted by molar-refractivity contribution is 0.0330. The molecule has 78 valence electrons. The van der Waals surface area contributed by atoms with E-state index in [0.717, 1.165) is 0 Å². The first-order valence-electron chi connectivity index (χ1n) is 5.84. The van der Waals surface area contributed by atoms with Gasteiger partial charge in [0.25, 0.3) is 0 Å². The van der Waals surface area contributed by atoms with E-state index >= 15 is 0 Å². The second-order valence-electron chi connectivity index (χ2n) is 4.45. The maximum absolute atomic E-state index is 6.11. The van der Waals surface area contributed by atoms with Crippen molar-refractivity contribution in [3.8, 4) is 0 Å². The van der Waals surface area contributed by atoms with Gasteiger partial charge in [-0.1, -0.05) is 42.9 Å². The van der Waals surface area contributed by atoms with Crippen LogP contribution in [-0.2, 0) is 4.74 Å². The normalized spacial score (nSPS) is 33.6. The van der Waals surface area contributed by atoms with Gasteiger partial charge in [0, 0.05) is 0 Å². The highest BCUT2D eigenvalue weighted by Gasteiger charge is 2.28. The second-order valence-corrected chi connectivity index (χ2v) is 4.45. The van der Waals surface area contributed by atoms with Gasteiger partial charge in [0.15, 0.2) is 0 Å². The van der Waals surface area contributed by atoms with Crippen molar-refractivity contribution < 1.29 is 4.74 Å². The molecule has 3 rings (SSSR count). The van der Waals surface area contributed by atoms with Crippen LogP contribution in [0.25, 0.3) is 0 Å². The summed E-state index contributed by atoms with van der Waals surface area (Å²) in [5.74, 6) is 0. The maximum Gasteiger partial charge on any atom is 0.102 e. The van der Waals surface area contributed by atoms with Crippen LogP contribution in [0.2, 0.25) is 0 Å². The number of hydrogen-bond acceptors (Lipinski definition) is 1. The average Bonchev–Trinajstić information content (AvgIpc) is 2.50. The van der Waals surface area contributed by atoms with Crippen LogP contribution in [0.4, 0.5) is 0 Å². The summed E-state index contributed by atoms with van der Waals surface area (Å²) in [5.41, 5.74) is 2.82. The highest BCUT2D eigenvalue weighted by atomic mass is 16.5. The summed E-state index contributed by atoms with van der Waals surface area (Å²) >= 11 is 0. The van der Waals surface area contributed by atoms with E-state index in [1.165, 1.54) is 36.8 Å². The maximum atomic E-state index is 6.11. The minimum absolute atomic E-state index is 0.187. The highest BCUT2D eigenvalue weighted by molar-refractivity contribution is 5.40. The Balaban J connectivity index is 1.94. The van der Waals surface area contributed by atoms with Crippen LogP contribution in [0.1, 0.15) is 25.7 Å². The molecule has 0 spiro atoms. The van der Waals surface area contributed by atoms with E-state index in [1.54, 1.807) is 0 Å². The third kappa shape index (κ3) is 1.72. The molecule has 0 amide bonds. The standard InChI is InChI=1S/C14H16O/c1-2-6-11-10-12-7-4-5-9-14(12)15-13(11)8-3-1/h1-3,6,8,10,13-14H,4-5,7,9H2. The van der Waals surface area contributed by atoms with Crippen LogP contribution in [0.5, 0.6) is 0 Å². The van der Waals surface area contributed by atoms with E-state index in [1.807, 2.05) is 0 Å². The van der Waals surface area contributed by atoms with Gasteiger partial charge in [0.05, 0.1) is 6.10 Å². The molecule has 2 atom stereocenters. The van der Waals surface area contributed by atoms with Gasteiger partial charge >= 0.3 is 0 Å². The van der Waals surface area contributed by atoms with Crippen molar-refractivity contribution in [3.63, 3.8) is 0 Å². The quantitative estimate of drug-likeness (QED) is 0.583. The molecule has 15 heavy (non-hydrogen) atoms. The fourth-order valence-corrected chi connectivity index (χ4v) is 2.57. The number of hydrogen-bond donors (Lipinski definition) is 0. The molecule has 2 unspecified atom stereocenters. The van der Waals surface area contributed by atoms with Crippen LogP contribution in [-0.4, -0.2) is 12.2 Å². The summed E-state index contributed by atoms with van der Waals surface area (Å²) in [7, 11) is 0. The third-order valence-corrected chi connectivity index (χ3v) is 3.38. The van der Waals surface area contributed by atoms with Gasteiger partial charge in [-0.15, -0.1) is 0 Å². The molecule has 1 heterocycles. The molecule has 0 aromatic heterocycles. The zero-order valence-corrected chi connectivity index (χ0v) is 8.86. The molecule has 0 aromatic carbocycles. The van der Waals surface area contributed by atoms with Gasteiger partial charge in [-0.3, -0.25) is 0 Å². The molecule has 1 heteroatoms. The molecule has 1 nitrogen and oxygen atoms in total. The highest BCUT2D eigenvalue weighted by Crippen LogP contribution is 2.34. The lowest BCUT2D eigenvalue weighted by Gasteiger charge is -2.33. The lowest BCUT2D eigenvalue weighted by Crippen LogP contribution is -2.30. The Hall–Kier alpha value is -1.08. The van der Waals surface area contributed by atoms with Crippen molar-refractivity contribution in [1.82, 2.24) is 0 Å². The molecule has 3 aliphatic rings. The number of rotatable bonds is 0. The van der Waals surface area contributed by atoms with Crippen molar-refractivity contribution in [1.29, 1.82) is 0 Å². The fourth-order valence-electron chi connectivity index (χ4n) is 2.57. The van der Waals surface area contributed by atoms with Crippen LogP contribution >= 0.6 is 0 Å². The Morgan fingerprint density at radius 2 is 2.13 bits per heavy atom. The van der Waals surface area contributed by atoms with Gasteiger partial charge in [-0.25, -0.2) is 0 Å². The third-order valence-electron chi connectivity index (χ3n) is 3.38. The molecule has 1 aliphatic heterocycles. The van der Waals surface area contributed by atoms with Crippen molar-refractivity contribution in [3.05, 3.63) is 47.6 Å². The van der Waals surface area contributed by atoms with Crippen LogP contribution in [0, 0.1) is 0 Å². The van der Waals surface area contributed by atoms with Gasteiger partial charge < -0.3 is 4.74 Å². The SMILES string of the molecule is C1=CC=C2C=C3CCCCC3OC2C=C1. The van der Waals surface area contributed by atoms with E-state index < -0.39 is 0 Å². The Labute approximate surface area is 90.8 Å². The lowest BCUT2D eigenvalue weighted by atomic mass is 9.87. The molecule has 1 fully saturated rings. The molecular formula is C14H16O. The Kier molecular flexibility index (Phi) is 2.34. The van der Waals surface area contributed by atoms with Crippen LogP contribution in [0.3, 0.4) is 0 Å². The van der Waals surface area contributed by atoms with Crippen molar-refractivity contribution >= 4 is 0 Å². The zero-order valence-electron chi connectivity index (χ0n) is 8.86. The molecule has 0 radical (unpaired) electrons. The molecule has 0 aromatic rings.